The van der Waals surface area contributed by atoms with Gasteiger partial charge in [-0.25, -0.2) is 0 Å². The van der Waals surface area contributed by atoms with Gasteiger partial charge in [0.05, 0.1) is 11.1 Å². The summed E-state index contributed by atoms with van der Waals surface area (Å²) >= 11 is 0. The highest BCUT2D eigenvalue weighted by Gasteiger charge is 2.34. The lowest BCUT2D eigenvalue weighted by Gasteiger charge is -2.41. The number of carbonyl (C=O) groups excluding carboxylic acids is 1. The van der Waals surface area contributed by atoms with E-state index in [0.29, 0.717) is 28.1 Å². The van der Waals surface area contributed by atoms with Gasteiger partial charge in [-0.15, -0.1) is 0 Å². The number of hydrogen-bond acceptors (Lipinski definition) is 3. The van der Waals surface area contributed by atoms with E-state index in [4.69, 9.17) is 0 Å². The monoisotopic (exact) mass is 387 g/mol. The van der Waals surface area contributed by atoms with Gasteiger partial charge in [0.2, 0.25) is 0 Å². The van der Waals surface area contributed by atoms with Gasteiger partial charge in [0, 0.05) is 18.5 Å². The molecule has 2 aliphatic rings. The first-order valence-electron chi connectivity index (χ1n) is 10.6. The largest absolute Gasteiger partial charge is 0.337 e. The molecule has 1 aromatic heterocycles. The quantitative estimate of drug-likeness (QED) is 0.667. The lowest BCUT2D eigenvalue weighted by Crippen LogP contribution is -2.45. The number of fused-ring (bicyclic) bond motifs is 2. The van der Waals surface area contributed by atoms with Gasteiger partial charge >= 0.3 is 0 Å². The maximum atomic E-state index is 13.5. The van der Waals surface area contributed by atoms with E-state index in [1.54, 1.807) is 6.07 Å². The summed E-state index contributed by atoms with van der Waals surface area (Å²) in [5.74, 6) is 1.30. The first kappa shape index (κ1) is 18.1. The first-order chi connectivity index (χ1) is 14.2. The fourth-order valence-electron chi connectivity index (χ4n) is 5.03. The number of amides is 1. The molecule has 2 aromatic carbocycles. The van der Waals surface area contributed by atoms with E-state index in [9.17, 15) is 9.59 Å². The molecule has 0 radical (unpaired) electrons. The smallest absolute Gasteiger partial charge is 0.279 e. The zero-order chi connectivity index (χ0) is 19.8. The van der Waals surface area contributed by atoms with Crippen molar-refractivity contribution in [2.24, 2.45) is 11.8 Å². The van der Waals surface area contributed by atoms with Crippen molar-refractivity contribution in [3.63, 3.8) is 0 Å². The predicted molar refractivity (Wildman–Crippen MR) is 113 cm³/mol. The van der Waals surface area contributed by atoms with Crippen LogP contribution in [0.3, 0.4) is 0 Å². The summed E-state index contributed by atoms with van der Waals surface area (Å²) in [5.41, 5.74) is 0.843. The summed E-state index contributed by atoms with van der Waals surface area (Å²) in [6.45, 7) is 1.59. The molecular formula is C24H25N3O2. The van der Waals surface area contributed by atoms with Crippen molar-refractivity contribution in [3.05, 3.63) is 70.6 Å². The molecule has 0 bridgehead atoms. The minimum atomic E-state index is -0.200. The van der Waals surface area contributed by atoms with Crippen LogP contribution in [-0.2, 0) is 0 Å². The second-order valence-electron chi connectivity index (χ2n) is 8.29. The molecule has 29 heavy (non-hydrogen) atoms. The number of benzene rings is 2. The van der Waals surface area contributed by atoms with Gasteiger partial charge in [0.1, 0.15) is 0 Å². The van der Waals surface area contributed by atoms with Gasteiger partial charge in [-0.3, -0.25) is 9.59 Å². The molecule has 0 N–H and O–H groups in total. The molecular weight excluding hydrogens is 362 g/mol. The number of para-hydroxylation sites is 1. The molecule has 148 valence electrons. The summed E-state index contributed by atoms with van der Waals surface area (Å²) < 4.78 is 1.36. The molecule has 5 rings (SSSR count). The van der Waals surface area contributed by atoms with Crippen LogP contribution in [0.25, 0.3) is 16.5 Å². The van der Waals surface area contributed by atoms with E-state index in [1.807, 2.05) is 53.4 Å². The molecule has 2 atom stereocenters. The summed E-state index contributed by atoms with van der Waals surface area (Å²) in [6, 6.07) is 16.6. The highest BCUT2D eigenvalue weighted by Crippen LogP contribution is 2.36. The van der Waals surface area contributed by atoms with Gasteiger partial charge in [0.15, 0.2) is 5.69 Å². The number of likely N-dealkylation sites (tertiary alicyclic amines) is 1. The lowest BCUT2D eigenvalue weighted by atomic mass is 9.75. The normalized spacial score (nSPS) is 21.7. The Balaban J connectivity index is 1.58. The van der Waals surface area contributed by atoms with Crippen LogP contribution in [0.15, 0.2) is 59.4 Å². The Hall–Kier alpha value is -2.95. The van der Waals surface area contributed by atoms with Gasteiger partial charge < -0.3 is 4.90 Å². The van der Waals surface area contributed by atoms with Crippen LogP contribution in [0, 0.1) is 11.8 Å². The Kier molecular flexibility index (Phi) is 4.66. The Morgan fingerprint density at radius 2 is 1.55 bits per heavy atom. The van der Waals surface area contributed by atoms with Crippen molar-refractivity contribution in [1.29, 1.82) is 0 Å². The van der Waals surface area contributed by atoms with E-state index >= 15 is 0 Å². The second kappa shape index (κ2) is 7.47. The van der Waals surface area contributed by atoms with Crippen LogP contribution in [-0.4, -0.2) is 33.7 Å². The highest BCUT2D eigenvalue weighted by molar-refractivity contribution is 6.04. The first-order valence-corrected chi connectivity index (χ1v) is 10.6. The van der Waals surface area contributed by atoms with Crippen LogP contribution in [0.4, 0.5) is 0 Å². The Morgan fingerprint density at radius 3 is 2.34 bits per heavy atom. The van der Waals surface area contributed by atoms with Crippen molar-refractivity contribution >= 4 is 16.7 Å². The summed E-state index contributed by atoms with van der Waals surface area (Å²) in [7, 11) is 0. The number of aromatic nitrogens is 2. The fourth-order valence-corrected chi connectivity index (χ4v) is 5.03. The average Bonchev–Trinajstić information content (AvgIpc) is 2.79. The van der Waals surface area contributed by atoms with Crippen molar-refractivity contribution in [1.82, 2.24) is 14.7 Å². The van der Waals surface area contributed by atoms with Crippen molar-refractivity contribution in [2.75, 3.05) is 13.1 Å². The Morgan fingerprint density at radius 1 is 0.862 bits per heavy atom. The molecule has 1 amide bonds. The zero-order valence-corrected chi connectivity index (χ0v) is 16.5. The molecule has 3 aromatic rings. The summed E-state index contributed by atoms with van der Waals surface area (Å²) in [4.78, 5) is 28.5. The summed E-state index contributed by atoms with van der Waals surface area (Å²) in [6.07, 6.45) is 6.18. The standard InChI is InChI=1S/C24H25N3O2/c28-23-21-13-7-6-12-20(21)22(25-27(23)19-10-2-1-3-11-19)24(29)26-15-14-17-8-4-5-9-18(17)16-26/h1-3,6-7,10-13,17-18H,4-5,8-9,14-16H2/t17-,18+/m0/s1. The average molecular weight is 387 g/mol. The molecule has 1 aliphatic carbocycles. The molecule has 1 saturated carbocycles. The van der Waals surface area contributed by atoms with Crippen molar-refractivity contribution in [3.8, 4) is 5.69 Å². The second-order valence-corrected chi connectivity index (χ2v) is 8.29. The molecule has 1 aliphatic heterocycles. The zero-order valence-electron chi connectivity index (χ0n) is 16.5. The highest BCUT2D eigenvalue weighted by atomic mass is 16.2. The van der Waals surface area contributed by atoms with E-state index in [1.165, 1.54) is 30.4 Å². The van der Waals surface area contributed by atoms with E-state index in [0.717, 1.165) is 25.4 Å². The maximum absolute atomic E-state index is 13.5. The van der Waals surface area contributed by atoms with Gasteiger partial charge in [-0.2, -0.15) is 9.78 Å². The molecule has 5 nitrogen and oxygen atoms in total. The van der Waals surface area contributed by atoms with E-state index in [-0.39, 0.29) is 11.5 Å². The van der Waals surface area contributed by atoms with Crippen LogP contribution in [0.2, 0.25) is 0 Å². The minimum Gasteiger partial charge on any atom is -0.337 e. The predicted octanol–water partition coefficient (Wildman–Crippen LogP) is 4.04. The number of carbonyl (C=O) groups is 1. The fraction of sp³-hybridized carbons (Fsp3) is 0.375. The number of piperidine rings is 1. The number of nitrogens with zero attached hydrogens (tertiary/aromatic N) is 3. The Bertz CT molecular complexity index is 1110. The van der Waals surface area contributed by atoms with Crippen LogP contribution < -0.4 is 5.56 Å². The Labute approximate surface area is 170 Å². The third kappa shape index (κ3) is 3.24. The summed E-state index contributed by atoms with van der Waals surface area (Å²) in [5, 5.41) is 5.73. The molecule has 2 heterocycles. The molecule has 0 unspecified atom stereocenters. The number of rotatable bonds is 2. The molecule has 5 heteroatoms. The molecule has 0 spiro atoms. The van der Waals surface area contributed by atoms with Crippen molar-refractivity contribution in [2.45, 2.75) is 32.1 Å². The molecule has 2 fully saturated rings. The minimum absolute atomic E-state index is 0.0603. The number of hydrogen-bond donors (Lipinski definition) is 0. The van der Waals surface area contributed by atoms with Crippen LogP contribution in [0.1, 0.15) is 42.6 Å². The third-order valence-corrected chi connectivity index (χ3v) is 6.59. The van der Waals surface area contributed by atoms with Gasteiger partial charge in [-0.1, -0.05) is 55.7 Å². The maximum Gasteiger partial charge on any atom is 0.279 e. The van der Waals surface area contributed by atoms with E-state index < -0.39 is 0 Å². The molecule has 1 saturated heterocycles. The lowest BCUT2D eigenvalue weighted by molar-refractivity contribution is 0.0516. The van der Waals surface area contributed by atoms with Crippen LogP contribution >= 0.6 is 0 Å². The third-order valence-electron chi connectivity index (χ3n) is 6.59. The van der Waals surface area contributed by atoms with Crippen LogP contribution in [0.5, 0.6) is 0 Å². The SMILES string of the molecule is O=C(c1nn(-c2ccccc2)c(=O)c2ccccc12)N1CC[C@@H]2CCCC[C@@H]2C1. The van der Waals surface area contributed by atoms with Gasteiger partial charge in [0.25, 0.3) is 11.5 Å². The van der Waals surface area contributed by atoms with Gasteiger partial charge in [-0.05, 0) is 42.9 Å². The topological polar surface area (TPSA) is 55.2 Å². The van der Waals surface area contributed by atoms with Crippen molar-refractivity contribution < 1.29 is 4.79 Å². The van der Waals surface area contributed by atoms with E-state index in [2.05, 4.69) is 5.10 Å².